The average Bonchev–Trinajstić information content (AvgIpc) is 2.51. The number of nitrogens with one attached hydrogen (secondary N) is 3. The topological polar surface area (TPSA) is 96.5 Å². The van der Waals surface area contributed by atoms with Crippen molar-refractivity contribution in [2.75, 3.05) is 11.9 Å². The van der Waals surface area contributed by atoms with E-state index in [-0.39, 0.29) is 23.2 Å². The molecule has 26 heavy (non-hydrogen) atoms. The van der Waals surface area contributed by atoms with Crippen LogP contribution in [0.5, 0.6) is 0 Å². The van der Waals surface area contributed by atoms with Crippen molar-refractivity contribution in [3.63, 3.8) is 0 Å². The SMILES string of the molecule is CCOC(=O)/C=C/C(=O)NC(=S)Nc1cccc(C(=O)NC(C)(C)C)c1. The third kappa shape index (κ3) is 8.39. The maximum atomic E-state index is 12.2. The molecular weight excluding hydrogens is 354 g/mol. The molecule has 8 heteroatoms. The molecule has 0 radical (unpaired) electrons. The molecular formula is C18H23N3O4S. The third-order valence-electron chi connectivity index (χ3n) is 2.77. The van der Waals surface area contributed by atoms with Crippen LogP contribution < -0.4 is 16.0 Å². The Labute approximate surface area is 158 Å². The van der Waals surface area contributed by atoms with Gasteiger partial charge in [0.1, 0.15) is 0 Å². The fourth-order valence-corrected chi connectivity index (χ4v) is 2.02. The van der Waals surface area contributed by atoms with Gasteiger partial charge in [0.05, 0.1) is 6.61 Å². The fraction of sp³-hybridized carbons (Fsp3) is 0.333. The minimum atomic E-state index is -0.612. The van der Waals surface area contributed by atoms with E-state index in [0.717, 1.165) is 12.2 Å². The lowest BCUT2D eigenvalue weighted by molar-refractivity contribution is -0.137. The van der Waals surface area contributed by atoms with Crippen LogP contribution in [0.3, 0.4) is 0 Å². The molecule has 0 aromatic heterocycles. The normalized spacial score (nSPS) is 10.9. The van der Waals surface area contributed by atoms with Gasteiger partial charge in [0, 0.05) is 28.9 Å². The summed E-state index contributed by atoms with van der Waals surface area (Å²) in [7, 11) is 0. The van der Waals surface area contributed by atoms with Gasteiger partial charge in [-0.3, -0.25) is 14.9 Å². The Hall–Kier alpha value is -2.74. The van der Waals surface area contributed by atoms with Crippen LogP contribution in [-0.2, 0) is 14.3 Å². The monoisotopic (exact) mass is 377 g/mol. The van der Waals surface area contributed by atoms with Gasteiger partial charge >= 0.3 is 5.97 Å². The molecule has 0 saturated heterocycles. The first-order valence-electron chi connectivity index (χ1n) is 8.00. The van der Waals surface area contributed by atoms with Crippen molar-refractivity contribution in [3.05, 3.63) is 42.0 Å². The summed E-state index contributed by atoms with van der Waals surface area (Å²) in [5.41, 5.74) is 0.655. The molecule has 1 aromatic carbocycles. The van der Waals surface area contributed by atoms with Crippen LogP contribution >= 0.6 is 12.2 Å². The smallest absolute Gasteiger partial charge is 0.330 e. The molecule has 2 amide bonds. The maximum absolute atomic E-state index is 12.2. The highest BCUT2D eigenvalue weighted by Gasteiger charge is 2.15. The van der Waals surface area contributed by atoms with Crippen molar-refractivity contribution in [3.8, 4) is 0 Å². The Morgan fingerprint density at radius 1 is 1.19 bits per heavy atom. The molecule has 0 spiro atoms. The standard InChI is InChI=1S/C18H23N3O4S/c1-5-25-15(23)10-9-14(22)20-17(26)19-13-8-6-7-12(11-13)16(24)21-18(2,3)4/h6-11H,5H2,1-4H3,(H,21,24)(H2,19,20,22,26)/b10-9+. The molecule has 1 rings (SSSR count). The minimum absolute atomic E-state index is 0.0388. The Morgan fingerprint density at radius 3 is 2.50 bits per heavy atom. The zero-order chi connectivity index (χ0) is 19.7. The van der Waals surface area contributed by atoms with E-state index in [2.05, 4.69) is 20.7 Å². The van der Waals surface area contributed by atoms with Crippen LogP contribution in [0, 0.1) is 0 Å². The molecule has 0 heterocycles. The lowest BCUT2D eigenvalue weighted by Crippen LogP contribution is -2.40. The summed E-state index contributed by atoms with van der Waals surface area (Å²) in [5.74, 6) is -1.40. The van der Waals surface area contributed by atoms with Gasteiger partial charge in [-0.25, -0.2) is 4.79 Å². The lowest BCUT2D eigenvalue weighted by Gasteiger charge is -2.20. The summed E-state index contributed by atoms with van der Waals surface area (Å²) in [6.45, 7) is 7.56. The molecule has 0 unspecified atom stereocenters. The average molecular weight is 377 g/mol. The van der Waals surface area contributed by atoms with Crippen LogP contribution in [0.1, 0.15) is 38.1 Å². The lowest BCUT2D eigenvalue weighted by atomic mass is 10.1. The van der Waals surface area contributed by atoms with Crippen molar-refractivity contribution in [2.45, 2.75) is 33.2 Å². The number of amides is 2. The predicted molar refractivity (Wildman–Crippen MR) is 104 cm³/mol. The van der Waals surface area contributed by atoms with Crippen molar-refractivity contribution in [1.29, 1.82) is 0 Å². The van der Waals surface area contributed by atoms with E-state index < -0.39 is 11.9 Å². The van der Waals surface area contributed by atoms with Crippen molar-refractivity contribution < 1.29 is 19.1 Å². The zero-order valence-electron chi connectivity index (χ0n) is 15.2. The molecule has 140 valence electrons. The molecule has 0 bridgehead atoms. The largest absolute Gasteiger partial charge is 0.463 e. The van der Waals surface area contributed by atoms with Crippen LogP contribution in [-0.4, -0.2) is 35.0 Å². The Balaban J connectivity index is 2.64. The summed E-state index contributed by atoms with van der Waals surface area (Å²) in [4.78, 5) is 35.0. The number of ether oxygens (including phenoxy) is 1. The van der Waals surface area contributed by atoms with E-state index >= 15 is 0 Å². The quantitative estimate of drug-likeness (QED) is 0.413. The van der Waals surface area contributed by atoms with E-state index in [9.17, 15) is 14.4 Å². The first-order chi connectivity index (χ1) is 12.1. The highest BCUT2D eigenvalue weighted by Crippen LogP contribution is 2.12. The maximum Gasteiger partial charge on any atom is 0.330 e. The zero-order valence-corrected chi connectivity index (χ0v) is 16.0. The van der Waals surface area contributed by atoms with Gasteiger partial charge in [-0.2, -0.15) is 0 Å². The molecule has 0 aliphatic heterocycles. The molecule has 0 saturated carbocycles. The summed E-state index contributed by atoms with van der Waals surface area (Å²) in [6.07, 6.45) is 2.04. The van der Waals surface area contributed by atoms with Crippen LogP contribution in [0.25, 0.3) is 0 Å². The highest BCUT2D eigenvalue weighted by atomic mass is 32.1. The van der Waals surface area contributed by atoms with Crippen molar-refractivity contribution >= 4 is 40.8 Å². The van der Waals surface area contributed by atoms with Gasteiger partial charge < -0.3 is 15.4 Å². The van der Waals surface area contributed by atoms with E-state index in [1.165, 1.54) is 0 Å². The highest BCUT2D eigenvalue weighted by molar-refractivity contribution is 7.80. The number of thiocarbonyl (C=S) groups is 1. The van der Waals surface area contributed by atoms with E-state index in [0.29, 0.717) is 11.3 Å². The van der Waals surface area contributed by atoms with Gasteiger partial charge in [0.2, 0.25) is 5.91 Å². The van der Waals surface area contributed by atoms with Crippen molar-refractivity contribution in [1.82, 2.24) is 10.6 Å². The van der Waals surface area contributed by atoms with Crippen molar-refractivity contribution in [2.24, 2.45) is 0 Å². The Kier molecular flexibility index (Phi) is 7.92. The first kappa shape index (κ1) is 21.3. The second-order valence-corrected chi connectivity index (χ2v) is 6.72. The van der Waals surface area contributed by atoms with Crippen LogP contribution in [0.15, 0.2) is 36.4 Å². The van der Waals surface area contributed by atoms with Gasteiger partial charge in [0.15, 0.2) is 5.11 Å². The van der Waals surface area contributed by atoms with Gasteiger partial charge in [-0.05, 0) is 58.1 Å². The summed E-state index contributed by atoms with van der Waals surface area (Å²) in [6, 6.07) is 6.70. The molecule has 3 N–H and O–H groups in total. The first-order valence-corrected chi connectivity index (χ1v) is 8.41. The number of benzene rings is 1. The summed E-state index contributed by atoms with van der Waals surface area (Å²) < 4.78 is 4.67. The number of esters is 1. The predicted octanol–water partition coefficient (Wildman–Crippen LogP) is 2.15. The second-order valence-electron chi connectivity index (χ2n) is 6.31. The Morgan fingerprint density at radius 2 is 1.88 bits per heavy atom. The second kappa shape index (κ2) is 9.67. The third-order valence-corrected chi connectivity index (χ3v) is 2.97. The van der Waals surface area contributed by atoms with Gasteiger partial charge in [-0.15, -0.1) is 0 Å². The number of hydrogen-bond acceptors (Lipinski definition) is 5. The minimum Gasteiger partial charge on any atom is -0.463 e. The number of rotatable bonds is 5. The molecule has 0 aliphatic carbocycles. The number of hydrogen-bond donors (Lipinski definition) is 3. The summed E-state index contributed by atoms with van der Waals surface area (Å²) in [5, 5.41) is 8.11. The van der Waals surface area contributed by atoms with E-state index in [4.69, 9.17) is 12.2 Å². The fourth-order valence-electron chi connectivity index (χ4n) is 1.80. The molecule has 0 atom stereocenters. The van der Waals surface area contributed by atoms with Crippen LogP contribution in [0.4, 0.5) is 5.69 Å². The molecule has 7 nitrogen and oxygen atoms in total. The van der Waals surface area contributed by atoms with E-state index in [1.54, 1.807) is 31.2 Å². The molecule has 1 aromatic rings. The summed E-state index contributed by atoms with van der Waals surface area (Å²) >= 11 is 5.05. The number of anilines is 1. The van der Waals surface area contributed by atoms with Crippen LogP contribution in [0.2, 0.25) is 0 Å². The van der Waals surface area contributed by atoms with Gasteiger partial charge in [-0.1, -0.05) is 6.07 Å². The number of carbonyl (C=O) groups is 3. The molecule has 0 aliphatic rings. The Bertz CT molecular complexity index is 723. The number of carbonyl (C=O) groups excluding carboxylic acids is 3. The van der Waals surface area contributed by atoms with Gasteiger partial charge in [0.25, 0.3) is 5.91 Å². The molecule has 0 fully saturated rings. The van der Waals surface area contributed by atoms with E-state index in [1.807, 2.05) is 20.8 Å².